The van der Waals surface area contributed by atoms with Gasteiger partial charge in [-0.1, -0.05) is 18.7 Å². The maximum Gasteiger partial charge on any atom is 0.337 e. The van der Waals surface area contributed by atoms with Gasteiger partial charge in [-0.2, -0.15) is 0 Å². The van der Waals surface area contributed by atoms with Gasteiger partial charge in [-0.05, 0) is 18.4 Å². The lowest BCUT2D eigenvalue weighted by molar-refractivity contribution is -0.138. The van der Waals surface area contributed by atoms with Gasteiger partial charge in [-0.3, -0.25) is 13.9 Å². The number of hydrogen-bond donors (Lipinski definition) is 1. The number of nitrogens with zero attached hydrogens (tertiary/aromatic N) is 2. The Balaban J connectivity index is 2.31. The highest BCUT2D eigenvalue weighted by molar-refractivity contribution is 7.10. The molecule has 0 fully saturated rings. The number of ether oxygens (including phenoxy) is 1. The van der Waals surface area contributed by atoms with Crippen LogP contribution in [0.25, 0.3) is 0 Å². The summed E-state index contributed by atoms with van der Waals surface area (Å²) in [4.78, 5) is 38.7. The topological polar surface area (TPSA) is 82.3 Å². The van der Waals surface area contributed by atoms with E-state index in [1.165, 1.54) is 29.0 Å². The first kappa shape index (κ1) is 17.9. The Morgan fingerprint density at radius 2 is 2.12 bits per heavy atom. The molecule has 1 aliphatic heterocycles. The first-order chi connectivity index (χ1) is 12.4. The highest BCUT2D eigenvalue weighted by atomic mass is 32.1. The lowest BCUT2D eigenvalue weighted by atomic mass is 9.86. The van der Waals surface area contributed by atoms with Crippen molar-refractivity contribution in [3.8, 4) is 0 Å². The van der Waals surface area contributed by atoms with Crippen molar-refractivity contribution >= 4 is 23.1 Å². The molecule has 26 heavy (non-hydrogen) atoms. The minimum absolute atomic E-state index is 0.0743. The van der Waals surface area contributed by atoms with Gasteiger partial charge in [0.15, 0.2) is 0 Å². The van der Waals surface area contributed by atoms with E-state index >= 15 is 0 Å². The molecule has 0 amide bonds. The summed E-state index contributed by atoms with van der Waals surface area (Å²) in [7, 11) is 3.02. The third-order valence-electron chi connectivity index (χ3n) is 4.37. The zero-order chi connectivity index (χ0) is 19.0. The highest BCUT2D eigenvalue weighted by Gasteiger charge is 2.37. The van der Waals surface area contributed by atoms with Gasteiger partial charge < -0.3 is 10.1 Å². The molecule has 3 heterocycles. The van der Waals surface area contributed by atoms with E-state index in [1.54, 1.807) is 14.0 Å². The molecule has 1 N–H and O–H groups in total. The molecule has 0 aromatic carbocycles. The number of allylic oxidation sites excluding steroid dienone is 1. The number of fused-ring (bicyclic) bond motifs is 1. The third-order valence-corrected chi connectivity index (χ3v) is 5.30. The van der Waals surface area contributed by atoms with Crippen LogP contribution in [0.1, 0.15) is 23.3 Å². The first-order valence-corrected chi connectivity index (χ1v) is 8.85. The van der Waals surface area contributed by atoms with Gasteiger partial charge in [-0.25, -0.2) is 9.59 Å². The number of carbonyl (C=O) groups excluding carboxylic acids is 1. The van der Waals surface area contributed by atoms with Crippen LogP contribution in [-0.2, 0) is 23.6 Å². The summed E-state index contributed by atoms with van der Waals surface area (Å²) in [5, 5.41) is 4.92. The van der Waals surface area contributed by atoms with Crippen molar-refractivity contribution in [1.82, 2.24) is 9.13 Å². The number of aromatic nitrogens is 2. The van der Waals surface area contributed by atoms with Crippen LogP contribution >= 0.6 is 11.3 Å². The second-order valence-corrected chi connectivity index (χ2v) is 6.95. The summed E-state index contributed by atoms with van der Waals surface area (Å²) in [6.07, 6.45) is 1.49. The number of esters is 1. The Morgan fingerprint density at radius 3 is 2.73 bits per heavy atom. The highest BCUT2D eigenvalue weighted by Crippen LogP contribution is 2.41. The van der Waals surface area contributed by atoms with Crippen molar-refractivity contribution in [2.24, 2.45) is 14.1 Å². The molecule has 0 unspecified atom stereocenters. The fraction of sp³-hybridized carbons (Fsp3) is 0.278. The van der Waals surface area contributed by atoms with Gasteiger partial charge >= 0.3 is 11.7 Å². The average molecular weight is 373 g/mol. The molecule has 0 saturated carbocycles. The minimum Gasteiger partial charge on any atom is -0.458 e. The van der Waals surface area contributed by atoms with Gasteiger partial charge in [0.25, 0.3) is 5.56 Å². The van der Waals surface area contributed by atoms with Gasteiger partial charge in [0, 0.05) is 24.7 Å². The summed E-state index contributed by atoms with van der Waals surface area (Å²) in [6.45, 7) is 5.36. The third kappa shape index (κ3) is 2.72. The zero-order valence-electron chi connectivity index (χ0n) is 14.7. The first-order valence-electron chi connectivity index (χ1n) is 7.97. The lowest BCUT2D eigenvalue weighted by Gasteiger charge is -2.30. The number of carbonyl (C=O) groups is 1. The second-order valence-electron chi connectivity index (χ2n) is 5.97. The Bertz CT molecular complexity index is 1030. The van der Waals surface area contributed by atoms with Crippen LogP contribution in [0.15, 0.2) is 51.0 Å². The Labute approximate surface area is 153 Å². The number of rotatable bonds is 4. The summed E-state index contributed by atoms with van der Waals surface area (Å²) in [5.74, 6) is -0.724. The monoisotopic (exact) mass is 373 g/mol. The average Bonchev–Trinajstić information content (AvgIpc) is 3.16. The van der Waals surface area contributed by atoms with E-state index in [4.69, 9.17) is 4.74 Å². The number of hydrogen-bond acceptors (Lipinski definition) is 6. The Morgan fingerprint density at radius 1 is 1.38 bits per heavy atom. The van der Waals surface area contributed by atoms with Crippen LogP contribution in [-0.4, -0.2) is 21.7 Å². The molecule has 0 bridgehead atoms. The summed E-state index contributed by atoms with van der Waals surface area (Å²) >= 11 is 1.44. The summed E-state index contributed by atoms with van der Waals surface area (Å²) in [5.41, 5.74) is 0.395. The molecule has 136 valence electrons. The normalized spacial score (nSPS) is 16.0. The van der Waals surface area contributed by atoms with Crippen molar-refractivity contribution in [1.29, 1.82) is 0 Å². The van der Waals surface area contributed by atoms with Crippen molar-refractivity contribution < 1.29 is 9.53 Å². The summed E-state index contributed by atoms with van der Waals surface area (Å²) < 4.78 is 7.67. The fourth-order valence-electron chi connectivity index (χ4n) is 3.11. The van der Waals surface area contributed by atoms with E-state index in [2.05, 4.69) is 11.9 Å². The molecular formula is C18H19N3O4S. The smallest absolute Gasteiger partial charge is 0.337 e. The standard InChI is InChI=1S/C18H19N3O4S/c1-5-8-25-17(23)12-10(2)19-15-14(13(12)11-7-6-9-26-11)16(22)21(4)18(24)20(15)3/h5-7,9,13,19H,1,8H2,2-4H3/t13-/m1/s1. The second kappa shape index (κ2) is 6.80. The van der Waals surface area contributed by atoms with E-state index in [0.29, 0.717) is 22.7 Å². The van der Waals surface area contributed by atoms with E-state index < -0.39 is 23.1 Å². The molecule has 0 spiro atoms. The molecule has 0 saturated heterocycles. The minimum atomic E-state index is -0.603. The van der Waals surface area contributed by atoms with Gasteiger partial charge in [0.1, 0.15) is 12.4 Å². The fourth-order valence-corrected chi connectivity index (χ4v) is 3.95. The molecule has 2 aromatic rings. The molecule has 0 aliphatic carbocycles. The lowest BCUT2D eigenvalue weighted by Crippen LogP contribution is -2.43. The van der Waals surface area contributed by atoms with Gasteiger partial charge in [0.05, 0.1) is 17.1 Å². The van der Waals surface area contributed by atoms with Crippen molar-refractivity contribution in [2.75, 3.05) is 11.9 Å². The largest absolute Gasteiger partial charge is 0.458 e. The number of nitrogens with one attached hydrogen (secondary N) is 1. The summed E-state index contributed by atoms with van der Waals surface area (Å²) in [6, 6.07) is 3.72. The molecule has 7 nitrogen and oxygen atoms in total. The predicted octanol–water partition coefficient (Wildman–Crippen LogP) is 1.71. The van der Waals surface area contributed by atoms with Crippen LogP contribution in [0.4, 0.5) is 5.82 Å². The molecule has 3 rings (SSSR count). The van der Waals surface area contributed by atoms with Crippen LogP contribution in [0.3, 0.4) is 0 Å². The van der Waals surface area contributed by atoms with E-state index in [-0.39, 0.29) is 6.61 Å². The van der Waals surface area contributed by atoms with Crippen LogP contribution in [0, 0.1) is 0 Å². The molecule has 1 aliphatic rings. The van der Waals surface area contributed by atoms with Crippen molar-refractivity contribution in [3.63, 3.8) is 0 Å². The number of anilines is 1. The van der Waals surface area contributed by atoms with E-state index in [0.717, 1.165) is 9.44 Å². The Hall–Kier alpha value is -2.87. The SMILES string of the molecule is C=CCOC(=O)C1=C(C)Nc2c(c(=O)n(C)c(=O)n2C)[C@@H]1c1cccs1. The van der Waals surface area contributed by atoms with Crippen LogP contribution in [0.5, 0.6) is 0 Å². The molecule has 0 radical (unpaired) electrons. The van der Waals surface area contributed by atoms with Crippen LogP contribution in [0.2, 0.25) is 0 Å². The molecule has 8 heteroatoms. The maximum atomic E-state index is 12.9. The number of thiophene rings is 1. The molecule has 1 atom stereocenters. The molecule has 2 aromatic heterocycles. The van der Waals surface area contributed by atoms with Gasteiger partial charge in [0.2, 0.25) is 0 Å². The van der Waals surface area contributed by atoms with E-state index in [9.17, 15) is 14.4 Å². The van der Waals surface area contributed by atoms with E-state index in [1.807, 2.05) is 17.5 Å². The molecular weight excluding hydrogens is 354 g/mol. The maximum absolute atomic E-state index is 12.9. The predicted molar refractivity (Wildman–Crippen MR) is 101 cm³/mol. The zero-order valence-corrected chi connectivity index (χ0v) is 15.6. The Kier molecular flexibility index (Phi) is 4.69. The van der Waals surface area contributed by atoms with Crippen LogP contribution < -0.4 is 16.6 Å². The van der Waals surface area contributed by atoms with Crippen molar-refractivity contribution in [3.05, 3.63) is 72.7 Å². The quantitative estimate of drug-likeness (QED) is 0.652. The van der Waals surface area contributed by atoms with Gasteiger partial charge in [-0.15, -0.1) is 11.3 Å². The van der Waals surface area contributed by atoms with Crippen molar-refractivity contribution in [2.45, 2.75) is 12.8 Å².